The van der Waals surface area contributed by atoms with Crippen molar-refractivity contribution in [1.29, 1.82) is 0 Å². The molecular formula is C22H24N4. The molecular weight excluding hydrogens is 320 g/mol. The third-order valence-corrected chi connectivity index (χ3v) is 5.10. The number of hydrogen-bond acceptors (Lipinski definition) is 4. The molecule has 3 N–H and O–H groups in total. The van der Waals surface area contributed by atoms with Crippen LogP contribution in [-0.4, -0.2) is 9.97 Å². The Hall–Kier alpha value is -2.88. The zero-order chi connectivity index (χ0) is 18.1. The van der Waals surface area contributed by atoms with E-state index in [0.29, 0.717) is 6.04 Å². The Labute approximate surface area is 154 Å². The van der Waals surface area contributed by atoms with E-state index >= 15 is 0 Å². The molecule has 3 aromatic rings. The van der Waals surface area contributed by atoms with Crippen LogP contribution in [0, 0.1) is 13.8 Å². The van der Waals surface area contributed by atoms with Gasteiger partial charge < -0.3 is 11.1 Å². The van der Waals surface area contributed by atoms with Gasteiger partial charge in [0.05, 0.1) is 11.7 Å². The summed E-state index contributed by atoms with van der Waals surface area (Å²) >= 11 is 0. The Bertz CT molecular complexity index is 949. The molecule has 4 nitrogen and oxygen atoms in total. The molecule has 0 spiro atoms. The van der Waals surface area contributed by atoms with Crippen LogP contribution in [0.2, 0.25) is 0 Å². The summed E-state index contributed by atoms with van der Waals surface area (Å²) in [5, 5.41) is 3.63. The number of nitrogens with one attached hydrogen (secondary N) is 1. The Balaban J connectivity index is 1.66. The molecule has 0 saturated heterocycles. The molecule has 0 unspecified atom stereocenters. The second kappa shape index (κ2) is 6.79. The lowest BCUT2D eigenvalue weighted by Crippen LogP contribution is -2.18. The number of fused-ring (bicyclic) bond motifs is 1. The minimum absolute atomic E-state index is 0.296. The summed E-state index contributed by atoms with van der Waals surface area (Å²) in [6.07, 6.45) is 3.47. The molecule has 0 fully saturated rings. The predicted molar refractivity (Wildman–Crippen MR) is 107 cm³/mol. The Morgan fingerprint density at radius 3 is 2.73 bits per heavy atom. The smallest absolute Gasteiger partial charge is 0.130 e. The van der Waals surface area contributed by atoms with Gasteiger partial charge in [-0.25, -0.2) is 9.97 Å². The second-order valence-corrected chi connectivity index (χ2v) is 7.04. The third kappa shape index (κ3) is 3.27. The first-order valence-electron chi connectivity index (χ1n) is 9.16. The number of hydrogen-bond donors (Lipinski definition) is 2. The van der Waals surface area contributed by atoms with E-state index in [9.17, 15) is 0 Å². The Morgan fingerprint density at radius 1 is 1.04 bits per heavy atom. The number of aryl methyl sites for hydroxylation is 3. The summed E-state index contributed by atoms with van der Waals surface area (Å²) < 4.78 is 0. The number of benzene rings is 2. The van der Waals surface area contributed by atoms with Gasteiger partial charge in [-0.05, 0) is 55.9 Å². The lowest BCUT2D eigenvalue weighted by molar-refractivity contribution is 0.598. The van der Waals surface area contributed by atoms with Gasteiger partial charge in [0.1, 0.15) is 11.6 Å². The van der Waals surface area contributed by atoms with Gasteiger partial charge in [0.2, 0.25) is 0 Å². The zero-order valence-corrected chi connectivity index (χ0v) is 15.3. The van der Waals surface area contributed by atoms with Gasteiger partial charge in [0.25, 0.3) is 0 Å². The number of aromatic nitrogens is 2. The maximum atomic E-state index is 6.08. The number of nitrogens with zero attached hydrogens (tertiary/aromatic N) is 2. The molecule has 1 aliphatic carbocycles. The van der Waals surface area contributed by atoms with E-state index in [1.54, 1.807) is 0 Å². The molecule has 1 aliphatic rings. The Kier molecular flexibility index (Phi) is 4.33. The SMILES string of the molecule is Cc1nc(N[C@@H]2CCCc3ccccc32)cc(-c2ccc(C)c(N)c2)n1. The van der Waals surface area contributed by atoms with E-state index < -0.39 is 0 Å². The van der Waals surface area contributed by atoms with E-state index in [2.05, 4.69) is 45.6 Å². The molecule has 26 heavy (non-hydrogen) atoms. The number of anilines is 2. The lowest BCUT2D eigenvalue weighted by Gasteiger charge is -2.27. The number of nitrogens with two attached hydrogens (primary N) is 1. The first kappa shape index (κ1) is 16.6. The van der Waals surface area contributed by atoms with Crippen molar-refractivity contribution in [3.8, 4) is 11.3 Å². The molecule has 0 radical (unpaired) electrons. The van der Waals surface area contributed by atoms with Gasteiger partial charge in [0.15, 0.2) is 0 Å². The van der Waals surface area contributed by atoms with Crippen molar-refractivity contribution in [2.45, 2.75) is 39.2 Å². The molecule has 2 aromatic carbocycles. The minimum Gasteiger partial charge on any atom is -0.398 e. The van der Waals surface area contributed by atoms with Crippen molar-refractivity contribution >= 4 is 11.5 Å². The summed E-state index contributed by atoms with van der Waals surface area (Å²) in [7, 11) is 0. The monoisotopic (exact) mass is 344 g/mol. The molecule has 1 aromatic heterocycles. The molecule has 4 heteroatoms. The van der Waals surface area contributed by atoms with Gasteiger partial charge in [-0.1, -0.05) is 36.4 Å². The van der Waals surface area contributed by atoms with Crippen LogP contribution in [0.1, 0.15) is 41.4 Å². The van der Waals surface area contributed by atoms with E-state index in [-0.39, 0.29) is 0 Å². The van der Waals surface area contributed by atoms with Crippen molar-refractivity contribution in [1.82, 2.24) is 9.97 Å². The normalized spacial score (nSPS) is 16.2. The van der Waals surface area contributed by atoms with Gasteiger partial charge in [0, 0.05) is 17.3 Å². The predicted octanol–water partition coefficient (Wildman–Crippen LogP) is 4.83. The molecule has 0 saturated carbocycles. The lowest BCUT2D eigenvalue weighted by atomic mass is 9.88. The van der Waals surface area contributed by atoms with Gasteiger partial charge in [-0.3, -0.25) is 0 Å². The summed E-state index contributed by atoms with van der Waals surface area (Å²) in [5.41, 5.74) is 12.7. The first-order chi connectivity index (χ1) is 12.6. The highest BCUT2D eigenvalue weighted by atomic mass is 15.0. The van der Waals surface area contributed by atoms with E-state index in [1.807, 2.05) is 32.0 Å². The minimum atomic E-state index is 0.296. The van der Waals surface area contributed by atoms with Gasteiger partial charge in [-0.15, -0.1) is 0 Å². The van der Waals surface area contributed by atoms with E-state index in [4.69, 9.17) is 5.73 Å². The van der Waals surface area contributed by atoms with Crippen LogP contribution >= 0.6 is 0 Å². The van der Waals surface area contributed by atoms with Crippen molar-refractivity contribution in [3.05, 3.63) is 71.0 Å². The quantitative estimate of drug-likeness (QED) is 0.668. The average Bonchev–Trinajstić information content (AvgIpc) is 2.64. The summed E-state index contributed by atoms with van der Waals surface area (Å²) in [4.78, 5) is 9.22. The molecule has 4 rings (SSSR count). The second-order valence-electron chi connectivity index (χ2n) is 7.04. The highest BCUT2D eigenvalue weighted by Crippen LogP contribution is 2.33. The molecule has 0 aliphatic heterocycles. The van der Waals surface area contributed by atoms with Gasteiger partial charge in [-0.2, -0.15) is 0 Å². The van der Waals surface area contributed by atoms with E-state index in [0.717, 1.165) is 47.0 Å². The molecule has 0 amide bonds. The summed E-state index contributed by atoms with van der Waals surface area (Å²) in [6.45, 7) is 3.94. The van der Waals surface area contributed by atoms with Crippen LogP contribution < -0.4 is 11.1 Å². The zero-order valence-electron chi connectivity index (χ0n) is 15.3. The van der Waals surface area contributed by atoms with Crippen LogP contribution in [0.15, 0.2) is 48.5 Å². The Morgan fingerprint density at radius 2 is 1.88 bits per heavy atom. The maximum absolute atomic E-state index is 6.08. The summed E-state index contributed by atoms with van der Waals surface area (Å²) in [6, 6.07) is 17.1. The maximum Gasteiger partial charge on any atom is 0.130 e. The molecule has 132 valence electrons. The molecule has 0 bridgehead atoms. The largest absolute Gasteiger partial charge is 0.398 e. The van der Waals surface area contributed by atoms with Crippen LogP contribution in [0.3, 0.4) is 0 Å². The van der Waals surface area contributed by atoms with Crippen LogP contribution in [0.4, 0.5) is 11.5 Å². The van der Waals surface area contributed by atoms with E-state index in [1.165, 1.54) is 17.5 Å². The highest BCUT2D eigenvalue weighted by molar-refractivity contribution is 5.68. The summed E-state index contributed by atoms with van der Waals surface area (Å²) in [5.74, 6) is 1.63. The molecule has 1 atom stereocenters. The van der Waals surface area contributed by atoms with Crippen LogP contribution in [-0.2, 0) is 6.42 Å². The average molecular weight is 344 g/mol. The first-order valence-corrected chi connectivity index (χ1v) is 9.16. The number of nitrogen functional groups attached to an aromatic ring is 1. The topological polar surface area (TPSA) is 63.8 Å². The fourth-order valence-electron chi connectivity index (χ4n) is 3.67. The fourth-order valence-corrected chi connectivity index (χ4v) is 3.67. The van der Waals surface area contributed by atoms with Crippen molar-refractivity contribution in [2.24, 2.45) is 0 Å². The fraction of sp³-hybridized carbons (Fsp3) is 0.273. The highest BCUT2D eigenvalue weighted by Gasteiger charge is 2.20. The van der Waals surface area contributed by atoms with Crippen molar-refractivity contribution < 1.29 is 0 Å². The van der Waals surface area contributed by atoms with Gasteiger partial charge >= 0.3 is 0 Å². The van der Waals surface area contributed by atoms with Crippen LogP contribution in [0.5, 0.6) is 0 Å². The molecule has 1 heterocycles. The van der Waals surface area contributed by atoms with Crippen LogP contribution in [0.25, 0.3) is 11.3 Å². The standard InChI is InChI=1S/C22H24N4/c1-14-10-11-17(12-19(14)23)21-13-22(25-15(2)24-21)26-20-9-5-7-16-6-3-4-8-18(16)20/h3-4,6,8,10-13,20H,5,7,9,23H2,1-2H3,(H,24,25,26)/t20-/m1/s1. The van der Waals surface area contributed by atoms with Crippen molar-refractivity contribution in [2.75, 3.05) is 11.1 Å². The third-order valence-electron chi connectivity index (χ3n) is 5.10. The number of rotatable bonds is 3. The van der Waals surface area contributed by atoms with Crippen molar-refractivity contribution in [3.63, 3.8) is 0 Å².